The van der Waals surface area contributed by atoms with Crippen LogP contribution in [0.2, 0.25) is 0 Å². The number of benzene rings is 1. The van der Waals surface area contributed by atoms with Crippen LogP contribution in [0.3, 0.4) is 0 Å². The number of methoxy groups -OCH3 is 1. The summed E-state index contributed by atoms with van der Waals surface area (Å²) in [6, 6.07) is 5.17. The summed E-state index contributed by atoms with van der Waals surface area (Å²) in [5, 5.41) is 9.53. The maximum atomic E-state index is 10.8. The largest absolute Gasteiger partial charge is 0.506 e. The van der Waals surface area contributed by atoms with Gasteiger partial charge in [0, 0.05) is 11.6 Å². The van der Waals surface area contributed by atoms with Gasteiger partial charge in [-0.25, -0.2) is 4.79 Å². The third kappa shape index (κ3) is 2.60. The van der Waals surface area contributed by atoms with Gasteiger partial charge in [0.15, 0.2) is 0 Å². The molecule has 0 spiro atoms. The third-order valence-electron chi connectivity index (χ3n) is 1.62. The average Bonchev–Trinajstić information content (AvgIpc) is 2.20. The van der Waals surface area contributed by atoms with E-state index in [2.05, 4.69) is 20.7 Å². The van der Waals surface area contributed by atoms with Gasteiger partial charge in [-0.05, 0) is 28.1 Å². The Balaban J connectivity index is 2.92. The lowest BCUT2D eigenvalue weighted by Crippen LogP contribution is -1.93. The summed E-state index contributed by atoms with van der Waals surface area (Å²) in [6.45, 7) is 0. The Kier molecular flexibility index (Phi) is 3.71. The number of ether oxygens (including phenoxy) is 1. The van der Waals surface area contributed by atoms with E-state index in [9.17, 15) is 9.90 Å². The molecule has 0 fully saturated rings. The summed E-state index contributed by atoms with van der Waals surface area (Å²) >= 11 is 3.17. The van der Waals surface area contributed by atoms with E-state index in [-0.39, 0.29) is 5.75 Å². The Morgan fingerprint density at radius 2 is 2.29 bits per heavy atom. The van der Waals surface area contributed by atoms with Gasteiger partial charge < -0.3 is 9.84 Å². The van der Waals surface area contributed by atoms with Gasteiger partial charge in [0.25, 0.3) is 0 Å². The molecule has 0 heterocycles. The first-order valence-corrected chi connectivity index (χ1v) is 4.68. The number of carbonyl (C=O) groups is 1. The quantitative estimate of drug-likeness (QED) is 0.653. The zero-order valence-corrected chi connectivity index (χ0v) is 9.11. The topological polar surface area (TPSA) is 46.5 Å². The van der Waals surface area contributed by atoms with Crippen LogP contribution in [0.25, 0.3) is 6.08 Å². The molecule has 1 N–H and O–H groups in total. The van der Waals surface area contributed by atoms with Gasteiger partial charge >= 0.3 is 5.97 Å². The van der Waals surface area contributed by atoms with Gasteiger partial charge in [0.1, 0.15) is 5.75 Å². The number of hydrogen-bond donors (Lipinski definition) is 1. The summed E-state index contributed by atoms with van der Waals surface area (Å²) in [6.07, 6.45) is 2.74. The lowest BCUT2D eigenvalue weighted by molar-refractivity contribution is -0.134. The van der Waals surface area contributed by atoms with Crippen molar-refractivity contribution in [3.8, 4) is 5.75 Å². The maximum absolute atomic E-state index is 10.8. The Morgan fingerprint density at radius 1 is 1.57 bits per heavy atom. The van der Waals surface area contributed by atoms with Crippen molar-refractivity contribution in [2.24, 2.45) is 0 Å². The monoisotopic (exact) mass is 256 g/mol. The lowest BCUT2D eigenvalue weighted by Gasteiger charge is -2.00. The fourth-order valence-electron chi connectivity index (χ4n) is 0.892. The number of rotatable bonds is 2. The standard InChI is InChI=1S/C10H9BrO3/c1-14-9(12)6-5-7-3-2-4-8(11)10(7)13/h2-6,13H,1H3. The predicted molar refractivity (Wildman–Crippen MR) is 56.9 cm³/mol. The summed E-state index contributed by atoms with van der Waals surface area (Å²) in [7, 11) is 1.30. The first-order valence-electron chi connectivity index (χ1n) is 3.88. The third-order valence-corrected chi connectivity index (χ3v) is 2.26. The van der Waals surface area contributed by atoms with Crippen LogP contribution >= 0.6 is 15.9 Å². The Hall–Kier alpha value is -1.29. The number of phenolic OH excluding ortho intramolecular Hbond substituents is 1. The smallest absolute Gasteiger partial charge is 0.330 e. The van der Waals surface area contributed by atoms with Crippen LogP contribution in [-0.4, -0.2) is 18.2 Å². The van der Waals surface area contributed by atoms with Crippen LogP contribution in [0.4, 0.5) is 0 Å². The van der Waals surface area contributed by atoms with Crippen LogP contribution in [0, 0.1) is 0 Å². The molecule has 0 aliphatic heterocycles. The molecule has 0 aliphatic carbocycles. The van der Waals surface area contributed by atoms with E-state index in [1.54, 1.807) is 18.2 Å². The van der Waals surface area contributed by atoms with Crippen LogP contribution in [0.5, 0.6) is 5.75 Å². The fraction of sp³-hybridized carbons (Fsp3) is 0.100. The second-order valence-electron chi connectivity index (χ2n) is 2.53. The number of hydrogen-bond acceptors (Lipinski definition) is 3. The van der Waals surface area contributed by atoms with Crippen LogP contribution in [0.1, 0.15) is 5.56 Å². The van der Waals surface area contributed by atoms with E-state index in [1.807, 2.05) is 0 Å². The van der Waals surface area contributed by atoms with Gasteiger partial charge in [-0.2, -0.15) is 0 Å². The molecule has 1 rings (SSSR count). The van der Waals surface area contributed by atoms with Crippen molar-refractivity contribution in [1.82, 2.24) is 0 Å². The zero-order valence-electron chi connectivity index (χ0n) is 7.53. The van der Waals surface area contributed by atoms with Gasteiger partial charge in [-0.3, -0.25) is 0 Å². The van der Waals surface area contributed by atoms with Crippen molar-refractivity contribution in [1.29, 1.82) is 0 Å². The highest BCUT2D eigenvalue weighted by molar-refractivity contribution is 9.10. The molecule has 3 nitrogen and oxygen atoms in total. The van der Waals surface area contributed by atoms with Crippen molar-refractivity contribution in [2.45, 2.75) is 0 Å². The van der Waals surface area contributed by atoms with Crippen molar-refractivity contribution >= 4 is 28.0 Å². The number of carbonyl (C=O) groups excluding carboxylic acids is 1. The van der Waals surface area contributed by atoms with E-state index in [1.165, 1.54) is 19.3 Å². The molecular weight excluding hydrogens is 248 g/mol. The van der Waals surface area contributed by atoms with Crippen molar-refractivity contribution in [3.63, 3.8) is 0 Å². The van der Waals surface area contributed by atoms with Crippen molar-refractivity contribution < 1.29 is 14.6 Å². The molecule has 14 heavy (non-hydrogen) atoms. The van der Waals surface area contributed by atoms with Crippen LogP contribution in [-0.2, 0) is 9.53 Å². The first-order chi connectivity index (χ1) is 6.65. The first kappa shape index (κ1) is 10.8. The fourth-order valence-corrected chi connectivity index (χ4v) is 1.27. The highest BCUT2D eigenvalue weighted by Gasteiger charge is 2.01. The summed E-state index contributed by atoms with van der Waals surface area (Å²) in [5.74, 6) is -0.350. The van der Waals surface area contributed by atoms with Crippen molar-refractivity contribution in [2.75, 3.05) is 7.11 Å². The molecule has 0 amide bonds. The molecule has 1 aromatic carbocycles. The Bertz CT molecular complexity index is 372. The number of aromatic hydroxyl groups is 1. The number of halogens is 1. The minimum Gasteiger partial charge on any atom is -0.506 e. The highest BCUT2D eigenvalue weighted by atomic mass is 79.9. The minimum absolute atomic E-state index is 0.104. The molecule has 0 atom stereocenters. The van der Waals surface area contributed by atoms with E-state index in [4.69, 9.17) is 0 Å². The molecule has 0 saturated heterocycles. The van der Waals surface area contributed by atoms with Gasteiger partial charge in [0.05, 0.1) is 11.6 Å². The van der Waals surface area contributed by atoms with Crippen LogP contribution < -0.4 is 0 Å². The lowest BCUT2D eigenvalue weighted by atomic mass is 10.2. The summed E-state index contributed by atoms with van der Waals surface area (Å²) in [5.41, 5.74) is 0.560. The molecule has 0 radical (unpaired) electrons. The van der Waals surface area contributed by atoms with Gasteiger partial charge in [-0.1, -0.05) is 12.1 Å². The molecule has 0 unspecified atom stereocenters. The second-order valence-corrected chi connectivity index (χ2v) is 3.39. The SMILES string of the molecule is COC(=O)C=Cc1cccc(Br)c1O. The van der Waals surface area contributed by atoms with Gasteiger partial charge in [0.2, 0.25) is 0 Å². The Morgan fingerprint density at radius 3 is 2.93 bits per heavy atom. The number of phenols is 1. The van der Waals surface area contributed by atoms with E-state index >= 15 is 0 Å². The van der Waals surface area contributed by atoms with Gasteiger partial charge in [-0.15, -0.1) is 0 Å². The highest BCUT2D eigenvalue weighted by Crippen LogP contribution is 2.28. The van der Waals surface area contributed by atoms with E-state index < -0.39 is 5.97 Å². The number of esters is 1. The molecular formula is C10H9BrO3. The average molecular weight is 257 g/mol. The normalized spacial score (nSPS) is 10.4. The van der Waals surface area contributed by atoms with Crippen molar-refractivity contribution in [3.05, 3.63) is 34.3 Å². The summed E-state index contributed by atoms with van der Waals surface area (Å²) < 4.78 is 5.01. The van der Waals surface area contributed by atoms with E-state index in [0.717, 1.165) is 0 Å². The molecule has 0 aliphatic rings. The molecule has 0 saturated carbocycles. The van der Waals surface area contributed by atoms with Crippen LogP contribution in [0.15, 0.2) is 28.7 Å². The Labute approximate surface area is 90.1 Å². The minimum atomic E-state index is -0.454. The molecule has 74 valence electrons. The maximum Gasteiger partial charge on any atom is 0.330 e. The molecule has 4 heteroatoms. The molecule has 1 aromatic rings. The number of para-hydroxylation sites is 1. The molecule has 0 aromatic heterocycles. The molecule has 0 bridgehead atoms. The summed E-state index contributed by atoms with van der Waals surface area (Å²) in [4.78, 5) is 10.8. The predicted octanol–water partition coefficient (Wildman–Crippen LogP) is 2.34. The van der Waals surface area contributed by atoms with E-state index in [0.29, 0.717) is 10.0 Å². The zero-order chi connectivity index (χ0) is 10.6. The second kappa shape index (κ2) is 4.81.